The van der Waals surface area contributed by atoms with Gasteiger partial charge in [0.15, 0.2) is 0 Å². The Morgan fingerprint density at radius 2 is 1.79 bits per heavy atom. The van der Waals surface area contributed by atoms with E-state index in [2.05, 4.69) is 10.2 Å². The Bertz CT molecular complexity index is 815. The molecule has 2 aromatic carbocycles. The van der Waals surface area contributed by atoms with Gasteiger partial charge in [-0.25, -0.2) is 0 Å². The van der Waals surface area contributed by atoms with E-state index in [1.807, 2.05) is 56.3 Å². The molecule has 1 saturated heterocycles. The van der Waals surface area contributed by atoms with E-state index in [0.717, 1.165) is 42.8 Å². The highest BCUT2D eigenvalue weighted by molar-refractivity contribution is 6.35. The topological polar surface area (TPSA) is 41.6 Å². The van der Waals surface area contributed by atoms with E-state index in [1.54, 1.807) is 0 Å². The number of hydrogen-bond donors (Lipinski definition) is 1. The minimum Gasteiger partial charge on any atom is -0.491 e. The summed E-state index contributed by atoms with van der Waals surface area (Å²) in [6, 6.07) is 13.4. The number of amides is 1. The SMILES string of the molecule is Cc1ccccc1OC[C@H](C)NC(=O)C1CCN(Cc2c(Cl)cccc2Cl)CC1. The summed E-state index contributed by atoms with van der Waals surface area (Å²) in [7, 11) is 0. The predicted octanol–water partition coefficient (Wildman–Crippen LogP) is 5.10. The van der Waals surface area contributed by atoms with Gasteiger partial charge < -0.3 is 10.1 Å². The highest BCUT2D eigenvalue weighted by Gasteiger charge is 2.26. The molecule has 1 aliphatic heterocycles. The van der Waals surface area contributed by atoms with Crippen LogP contribution in [0.15, 0.2) is 42.5 Å². The van der Waals surface area contributed by atoms with Gasteiger partial charge in [-0.15, -0.1) is 0 Å². The van der Waals surface area contributed by atoms with Crippen molar-refractivity contribution in [2.24, 2.45) is 5.92 Å². The molecule has 1 atom stereocenters. The van der Waals surface area contributed by atoms with Crippen LogP contribution < -0.4 is 10.1 Å². The Balaban J connectivity index is 1.43. The lowest BCUT2D eigenvalue weighted by Gasteiger charge is -2.32. The van der Waals surface area contributed by atoms with Crippen LogP contribution in [0.5, 0.6) is 5.75 Å². The molecule has 0 spiro atoms. The molecule has 29 heavy (non-hydrogen) atoms. The van der Waals surface area contributed by atoms with E-state index < -0.39 is 0 Å². The zero-order chi connectivity index (χ0) is 20.8. The first-order chi connectivity index (χ1) is 13.9. The Labute approximate surface area is 183 Å². The number of rotatable bonds is 7. The van der Waals surface area contributed by atoms with Gasteiger partial charge in [-0.1, -0.05) is 47.5 Å². The van der Waals surface area contributed by atoms with Crippen LogP contribution in [-0.4, -0.2) is 36.5 Å². The number of ether oxygens (including phenoxy) is 1. The number of para-hydroxylation sites is 1. The van der Waals surface area contributed by atoms with Crippen molar-refractivity contribution in [1.29, 1.82) is 0 Å². The summed E-state index contributed by atoms with van der Waals surface area (Å²) in [6.07, 6.45) is 1.67. The average Bonchev–Trinajstić information content (AvgIpc) is 2.70. The van der Waals surface area contributed by atoms with E-state index in [1.165, 1.54) is 0 Å². The van der Waals surface area contributed by atoms with Crippen LogP contribution in [0.4, 0.5) is 0 Å². The molecule has 1 N–H and O–H groups in total. The van der Waals surface area contributed by atoms with Crippen molar-refractivity contribution in [3.8, 4) is 5.75 Å². The van der Waals surface area contributed by atoms with Gasteiger partial charge in [-0.3, -0.25) is 9.69 Å². The Hall–Kier alpha value is -1.75. The summed E-state index contributed by atoms with van der Waals surface area (Å²) in [5, 5.41) is 4.49. The molecule has 0 unspecified atom stereocenters. The molecule has 1 heterocycles. The van der Waals surface area contributed by atoms with Gasteiger partial charge in [0.05, 0.1) is 6.04 Å². The smallest absolute Gasteiger partial charge is 0.223 e. The molecule has 3 rings (SSSR count). The van der Waals surface area contributed by atoms with Crippen molar-refractivity contribution < 1.29 is 9.53 Å². The largest absolute Gasteiger partial charge is 0.491 e. The molecular weight excluding hydrogens is 407 g/mol. The van der Waals surface area contributed by atoms with Gasteiger partial charge in [0.25, 0.3) is 0 Å². The fourth-order valence-electron chi connectivity index (χ4n) is 3.60. The van der Waals surface area contributed by atoms with Crippen LogP contribution in [0.25, 0.3) is 0 Å². The molecule has 4 nitrogen and oxygen atoms in total. The molecule has 156 valence electrons. The normalized spacial score (nSPS) is 16.4. The first-order valence-corrected chi connectivity index (χ1v) is 10.8. The van der Waals surface area contributed by atoms with E-state index in [0.29, 0.717) is 23.2 Å². The van der Waals surface area contributed by atoms with Crippen molar-refractivity contribution in [3.05, 3.63) is 63.6 Å². The minimum atomic E-state index is -0.0398. The summed E-state index contributed by atoms with van der Waals surface area (Å²) in [4.78, 5) is 14.9. The number of piperidine rings is 1. The molecule has 1 amide bonds. The fourth-order valence-corrected chi connectivity index (χ4v) is 4.11. The molecule has 0 saturated carbocycles. The van der Waals surface area contributed by atoms with Crippen LogP contribution in [0.3, 0.4) is 0 Å². The number of carbonyl (C=O) groups excluding carboxylic acids is 1. The van der Waals surface area contributed by atoms with Crippen molar-refractivity contribution >= 4 is 29.1 Å². The second kappa shape index (κ2) is 10.3. The summed E-state index contributed by atoms with van der Waals surface area (Å²) in [5.41, 5.74) is 2.05. The number of likely N-dealkylation sites (tertiary alicyclic amines) is 1. The number of nitrogens with one attached hydrogen (secondary N) is 1. The third-order valence-electron chi connectivity index (χ3n) is 5.37. The number of carbonyl (C=O) groups is 1. The summed E-state index contributed by atoms with van der Waals surface area (Å²) >= 11 is 12.6. The highest BCUT2D eigenvalue weighted by atomic mass is 35.5. The van der Waals surface area contributed by atoms with E-state index in [9.17, 15) is 4.79 Å². The average molecular weight is 435 g/mol. The van der Waals surface area contributed by atoms with Crippen molar-refractivity contribution in [3.63, 3.8) is 0 Å². The third-order valence-corrected chi connectivity index (χ3v) is 6.08. The van der Waals surface area contributed by atoms with E-state index in [4.69, 9.17) is 27.9 Å². The van der Waals surface area contributed by atoms with Crippen molar-refractivity contribution in [2.45, 2.75) is 39.3 Å². The summed E-state index contributed by atoms with van der Waals surface area (Å²) in [6.45, 7) is 6.88. The van der Waals surface area contributed by atoms with Crippen molar-refractivity contribution in [1.82, 2.24) is 10.2 Å². The quantitative estimate of drug-likeness (QED) is 0.658. The lowest BCUT2D eigenvalue weighted by atomic mass is 9.95. The molecular formula is C23H28Cl2N2O2. The van der Waals surface area contributed by atoms with Crippen LogP contribution in [0.2, 0.25) is 10.0 Å². The molecule has 6 heteroatoms. The second-order valence-corrected chi connectivity index (χ2v) is 8.55. The second-order valence-electron chi connectivity index (χ2n) is 7.74. The minimum absolute atomic E-state index is 0.0360. The molecule has 0 aliphatic carbocycles. The zero-order valence-corrected chi connectivity index (χ0v) is 18.5. The third kappa shape index (κ3) is 6.11. The van der Waals surface area contributed by atoms with Gasteiger partial charge in [0.2, 0.25) is 5.91 Å². The van der Waals surface area contributed by atoms with Gasteiger partial charge in [-0.2, -0.15) is 0 Å². The predicted molar refractivity (Wildman–Crippen MR) is 119 cm³/mol. The molecule has 1 aliphatic rings. The first kappa shape index (κ1) is 21.9. The Morgan fingerprint density at radius 3 is 2.45 bits per heavy atom. The van der Waals surface area contributed by atoms with Crippen molar-refractivity contribution in [2.75, 3.05) is 19.7 Å². The molecule has 1 fully saturated rings. The van der Waals surface area contributed by atoms with E-state index in [-0.39, 0.29) is 17.9 Å². The van der Waals surface area contributed by atoms with Crippen LogP contribution in [-0.2, 0) is 11.3 Å². The maximum Gasteiger partial charge on any atom is 0.223 e. The first-order valence-electron chi connectivity index (χ1n) is 10.1. The summed E-state index contributed by atoms with van der Waals surface area (Å²) in [5.74, 6) is 1.01. The number of nitrogens with zero attached hydrogens (tertiary/aromatic N) is 1. The van der Waals surface area contributed by atoms with E-state index >= 15 is 0 Å². The number of benzene rings is 2. The molecule has 0 aromatic heterocycles. The molecule has 0 radical (unpaired) electrons. The summed E-state index contributed by atoms with van der Waals surface area (Å²) < 4.78 is 5.84. The lowest BCUT2D eigenvalue weighted by Crippen LogP contribution is -2.44. The maximum atomic E-state index is 12.6. The number of aryl methyl sites for hydroxylation is 1. The van der Waals surface area contributed by atoms with Crippen LogP contribution in [0.1, 0.15) is 30.9 Å². The monoisotopic (exact) mass is 434 g/mol. The van der Waals surface area contributed by atoms with Gasteiger partial charge in [0.1, 0.15) is 12.4 Å². The Kier molecular flexibility index (Phi) is 7.82. The number of halogens is 2. The number of hydrogen-bond acceptors (Lipinski definition) is 3. The highest BCUT2D eigenvalue weighted by Crippen LogP contribution is 2.27. The molecule has 0 bridgehead atoms. The van der Waals surface area contributed by atoms with Crippen LogP contribution >= 0.6 is 23.2 Å². The molecule has 2 aromatic rings. The standard InChI is InChI=1S/C23H28Cl2N2O2/c1-16-6-3-4-9-22(16)29-15-17(2)26-23(28)18-10-12-27(13-11-18)14-19-20(24)7-5-8-21(19)25/h3-9,17-18H,10-15H2,1-2H3,(H,26,28)/t17-/m0/s1. The zero-order valence-electron chi connectivity index (χ0n) is 17.0. The fraction of sp³-hybridized carbons (Fsp3) is 0.435. The lowest BCUT2D eigenvalue weighted by molar-refractivity contribution is -0.127. The van der Waals surface area contributed by atoms with Gasteiger partial charge >= 0.3 is 0 Å². The van der Waals surface area contributed by atoms with Crippen LogP contribution in [0, 0.1) is 12.8 Å². The maximum absolute atomic E-state index is 12.6. The van der Waals surface area contributed by atoms with Gasteiger partial charge in [0, 0.05) is 28.1 Å². The Morgan fingerprint density at radius 1 is 1.14 bits per heavy atom. The van der Waals surface area contributed by atoms with Gasteiger partial charge in [-0.05, 0) is 63.5 Å².